The van der Waals surface area contributed by atoms with E-state index in [2.05, 4.69) is 9.97 Å². The van der Waals surface area contributed by atoms with Crippen molar-refractivity contribution in [2.75, 3.05) is 5.73 Å². The summed E-state index contributed by atoms with van der Waals surface area (Å²) in [7, 11) is 0. The van der Waals surface area contributed by atoms with Gasteiger partial charge >= 0.3 is 6.18 Å². The first kappa shape index (κ1) is 15.1. The number of rotatable bonds is 3. The molecule has 0 radical (unpaired) electrons. The number of nitrogens with two attached hydrogens (primary N) is 1. The maximum absolute atomic E-state index is 12.8. The fourth-order valence-electron chi connectivity index (χ4n) is 1.76. The smallest absolute Gasteiger partial charge is 0.416 e. The van der Waals surface area contributed by atoms with Crippen LogP contribution >= 0.6 is 0 Å². The lowest BCUT2D eigenvalue weighted by molar-refractivity contribution is -0.137. The van der Waals surface area contributed by atoms with Gasteiger partial charge in [0.25, 0.3) is 0 Å². The minimum atomic E-state index is -4.48. The van der Waals surface area contributed by atoms with E-state index in [0.29, 0.717) is 11.3 Å². The number of ether oxygens (including phenoxy) is 1. The van der Waals surface area contributed by atoms with Gasteiger partial charge in [-0.2, -0.15) is 13.2 Å². The average Bonchev–Trinajstić information content (AvgIpc) is 2.36. The summed E-state index contributed by atoms with van der Waals surface area (Å²) in [6, 6.07) is 3.31. The highest BCUT2D eigenvalue weighted by Crippen LogP contribution is 2.33. The van der Waals surface area contributed by atoms with E-state index in [4.69, 9.17) is 10.5 Å². The summed E-state index contributed by atoms with van der Waals surface area (Å²) < 4.78 is 43.8. The number of anilines is 1. The third-order valence-corrected chi connectivity index (χ3v) is 2.55. The van der Waals surface area contributed by atoms with Crippen LogP contribution in [0.15, 0.2) is 30.6 Å². The van der Waals surface area contributed by atoms with Crippen molar-refractivity contribution in [1.82, 2.24) is 9.97 Å². The van der Waals surface area contributed by atoms with Gasteiger partial charge in [-0.3, -0.25) is 4.98 Å². The molecule has 0 aromatic carbocycles. The molecule has 0 saturated carbocycles. The Bertz CT molecular complexity index is 642. The van der Waals surface area contributed by atoms with E-state index in [1.165, 1.54) is 12.4 Å². The topological polar surface area (TPSA) is 61.0 Å². The molecule has 7 heteroatoms. The van der Waals surface area contributed by atoms with Crippen LogP contribution in [-0.2, 0) is 6.18 Å². The van der Waals surface area contributed by atoms with Gasteiger partial charge in [0.05, 0.1) is 23.6 Å². The average molecular weight is 297 g/mol. The van der Waals surface area contributed by atoms with Gasteiger partial charge in [-0.15, -0.1) is 0 Å². The largest absolute Gasteiger partial charge is 0.489 e. The Morgan fingerprint density at radius 2 is 1.86 bits per heavy atom. The third kappa shape index (κ3) is 3.84. The van der Waals surface area contributed by atoms with Crippen LogP contribution in [-0.4, -0.2) is 16.1 Å². The van der Waals surface area contributed by atoms with Crippen molar-refractivity contribution in [1.29, 1.82) is 0 Å². The van der Waals surface area contributed by atoms with Crippen molar-refractivity contribution in [2.45, 2.75) is 26.1 Å². The van der Waals surface area contributed by atoms with E-state index in [1.807, 2.05) is 13.8 Å². The lowest BCUT2D eigenvalue weighted by Gasteiger charge is -2.12. The number of alkyl halides is 3. The number of hydrogen-bond donors (Lipinski definition) is 1. The van der Waals surface area contributed by atoms with E-state index in [0.717, 1.165) is 12.1 Å². The van der Waals surface area contributed by atoms with E-state index in [1.54, 1.807) is 6.07 Å². The molecule has 0 spiro atoms. The Labute approximate surface area is 119 Å². The first-order valence-electron chi connectivity index (χ1n) is 6.22. The minimum Gasteiger partial charge on any atom is -0.489 e. The molecule has 2 rings (SSSR count). The number of halogens is 3. The highest BCUT2D eigenvalue weighted by Gasteiger charge is 2.31. The van der Waals surface area contributed by atoms with Gasteiger partial charge in [0.1, 0.15) is 11.6 Å². The maximum Gasteiger partial charge on any atom is 0.416 e. The lowest BCUT2D eigenvalue weighted by atomic mass is 10.1. The van der Waals surface area contributed by atoms with E-state index in [9.17, 15) is 13.2 Å². The number of nitrogen functional groups attached to an aromatic ring is 1. The molecule has 21 heavy (non-hydrogen) atoms. The number of aromatic nitrogens is 2. The molecule has 0 atom stereocenters. The molecule has 2 aromatic rings. The standard InChI is InChI=1S/C14H14F3N3O/c1-8(2)21-11-3-9(6-19-7-11)12-4-10(14(15,16)17)5-13(18)20-12/h3-8H,1-2H3,(H2,18,20). The predicted molar refractivity (Wildman–Crippen MR) is 72.6 cm³/mol. The van der Waals surface area contributed by atoms with Crippen molar-refractivity contribution in [2.24, 2.45) is 0 Å². The van der Waals surface area contributed by atoms with E-state index < -0.39 is 11.7 Å². The molecule has 0 unspecified atom stereocenters. The second kappa shape index (κ2) is 5.59. The Morgan fingerprint density at radius 1 is 1.14 bits per heavy atom. The van der Waals surface area contributed by atoms with Crippen LogP contribution in [0.4, 0.5) is 19.0 Å². The number of pyridine rings is 2. The SMILES string of the molecule is CC(C)Oc1cncc(-c2cc(C(F)(F)F)cc(N)n2)c1. The molecule has 0 bridgehead atoms. The Balaban J connectivity index is 2.44. The highest BCUT2D eigenvalue weighted by atomic mass is 19.4. The molecule has 112 valence electrons. The molecule has 0 aliphatic carbocycles. The van der Waals surface area contributed by atoms with Crippen LogP contribution in [0.25, 0.3) is 11.3 Å². The number of nitrogens with zero attached hydrogens (tertiary/aromatic N) is 2. The molecule has 0 aliphatic rings. The Morgan fingerprint density at radius 3 is 2.48 bits per heavy atom. The molecule has 0 amide bonds. The van der Waals surface area contributed by atoms with Gasteiger partial charge in [0, 0.05) is 11.8 Å². The van der Waals surface area contributed by atoms with Crippen molar-refractivity contribution in [3.63, 3.8) is 0 Å². The predicted octanol–water partition coefficient (Wildman–Crippen LogP) is 3.53. The second-order valence-electron chi connectivity index (χ2n) is 4.74. The van der Waals surface area contributed by atoms with Crippen LogP contribution in [0.3, 0.4) is 0 Å². The maximum atomic E-state index is 12.8. The molecular weight excluding hydrogens is 283 g/mol. The van der Waals surface area contributed by atoms with Gasteiger partial charge in [0.2, 0.25) is 0 Å². The first-order valence-corrected chi connectivity index (χ1v) is 6.22. The molecule has 0 saturated heterocycles. The van der Waals surface area contributed by atoms with Gasteiger partial charge in [-0.05, 0) is 32.0 Å². The van der Waals surface area contributed by atoms with Crippen molar-refractivity contribution >= 4 is 5.82 Å². The van der Waals surface area contributed by atoms with Gasteiger partial charge in [-0.1, -0.05) is 0 Å². The second-order valence-corrected chi connectivity index (χ2v) is 4.74. The summed E-state index contributed by atoms with van der Waals surface area (Å²) >= 11 is 0. The molecular formula is C14H14F3N3O. The summed E-state index contributed by atoms with van der Waals surface area (Å²) in [6.07, 6.45) is -1.65. The quantitative estimate of drug-likeness (QED) is 0.941. The summed E-state index contributed by atoms with van der Waals surface area (Å²) in [5, 5.41) is 0. The van der Waals surface area contributed by atoms with Crippen LogP contribution in [0.2, 0.25) is 0 Å². The summed E-state index contributed by atoms with van der Waals surface area (Å²) in [6.45, 7) is 3.68. The van der Waals surface area contributed by atoms with E-state index >= 15 is 0 Å². The zero-order chi connectivity index (χ0) is 15.6. The van der Waals surface area contributed by atoms with Crippen molar-refractivity contribution in [3.05, 3.63) is 36.2 Å². The van der Waals surface area contributed by atoms with Crippen LogP contribution < -0.4 is 10.5 Å². The Kier molecular flexibility index (Phi) is 4.02. The fraction of sp³-hybridized carbons (Fsp3) is 0.286. The monoisotopic (exact) mass is 297 g/mol. The molecule has 0 fully saturated rings. The van der Waals surface area contributed by atoms with Crippen LogP contribution in [0.5, 0.6) is 5.75 Å². The van der Waals surface area contributed by atoms with Crippen LogP contribution in [0.1, 0.15) is 19.4 Å². The molecule has 2 heterocycles. The zero-order valence-corrected chi connectivity index (χ0v) is 11.5. The minimum absolute atomic E-state index is 0.0680. The summed E-state index contributed by atoms with van der Waals surface area (Å²) in [5.74, 6) is 0.260. The van der Waals surface area contributed by atoms with E-state index in [-0.39, 0.29) is 17.6 Å². The van der Waals surface area contributed by atoms with Gasteiger partial charge in [0.15, 0.2) is 0 Å². The van der Waals surface area contributed by atoms with Crippen LogP contribution in [0, 0.1) is 0 Å². The van der Waals surface area contributed by atoms with Gasteiger partial charge < -0.3 is 10.5 Å². The Hall–Kier alpha value is -2.31. The molecule has 2 N–H and O–H groups in total. The molecule has 0 aliphatic heterocycles. The van der Waals surface area contributed by atoms with Crippen molar-refractivity contribution < 1.29 is 17.9 Å². The third-order valence-electron chi connectivity index (χ3n) is 2.55. The number of hydrogen-bond acceptors (Lipinski definition) is 4. The fourth-order valence-corrected chi connectivity index (χ4v) is 1.76. The summed E-state index contributed by atoms with van der Waals surface area (Å²) in [4.78, 5) is 7.87. The summed E-state index contributed by atoms with van der Waals surface area (Å²) in [5.41, 5.74) is 5.11. The highest BCUT2D eigenvalue weighted by molar-refractivity contribution is 5.62. The first-order chi connectivity index (χ1) is 9.75. The molecule has 2 aromatic heterocycles. The zero-order valence-electron chi connectivity index (χ0n) is 11.5. The normalized spacial score (nSPS) is 11.7. The lowest BCUT2D eigenvalue weighted by Crippen LogP contribution is -2.08. The van der Waals surface area contributed by atoms with Crippen molar-refractivity contribution in [3.8, 4) is 17.0 Å². The van der Waals surface area contributed by atoms with Gasteiger partial charge in [-0.25, -0.2) is 4.98 Å². The molecule has 4 nitrogen and oxygen atoms in total.